The lowest BCUT2D eigenvalue weighted by Crippen LogP contribution is -2.48. The highest BCUT2D eigenvalue weighted by Crippen LogP contribution is 2.40. The summed E-state index contributed by atoms with van der Waals surface area (Å²) in [4.78, 5) is 0. The molecule has 1 aromatic carbocycles. The van der Waals surface area contributed by atoms with Crippen molar-refractivity contribution in [1.29, 1.82) is 0 Å². The highest BCUT2D eigenvalue weighted by molar-refractivity contribution is 5.27. The molecule has 1 saturated heterocycles. The second-order valence-electron chi connectivity index (χ2n) is 7.16. The smallest absolute Gasteiger partial charge is 0.0102 e. The summed E-state index contributed by atoms with van der Waals surface area (Å²) >= 11 is 0. The van der Waals surface area contributed by atoms with Gasteiger partial charge in [0.05, 0.1) is 0 Å². The molecule has 0 amide bonds. The first-order valence-corrected chi connectivity index (χ1v) is 8.20. The van der Waals surface area contributed by atoms with Crippen molar-refractivity contribution in [2.24, 2.45) is 5.41 Å². The minimum atomic E-state index is 0.340. The molecule has 2 fully saturated rings. The molecule has 0 aromatic heterocycles. The van der Waals surface area contributed by atoms with E-state index in [0.29, 0.717) is 10.8 Å². The van der Waals surface area contributed by atoms with Crippen LogP contribution in [0.3, 0.4) is 0 Å². The molecule has 1 aliphatic carbocycles. The number of hydrogen-bond donors (Lipinski definition) is 2. The Hall–Kier alpha value is -0.860. The zero-order valence-electron chi connectivity index (χ0n) is 12.8. The fraction of sp³-hybridized carbons (Fsp3) is 0.667. The van der Waals surface area contributed by atoms with Gasteiger partial charge in [0, 0.05) is 18.5 Å². The fourth-order valence-corrected chi connectivity index (χ4v) is 3.83. The Bertz CT molecular complexity index is 416. The first-order chi connectivity index (χ1) is 9.73. The van der Waals surface area contributed by atoms with Crippen molar-refractivity contribution in [3.05, 3.63) is 35.9 Å². The van der Waals surface area contributed by atoms with E-state index in [1.165, 1.54) is 44.2 Å². The molecule has 2 N–H and O–H groups in total. The molecule has 1 saturated carbocycles. The summed E-state index contributed by atoms with van der Waals surface area (Å²) in [5, 5.41) is 7.32. The first kappa shape index (κ1) is 14.1. The quantitative estimate of drug-likeness (QED) is 0.861. The van der Waals surface area contributed by atoms with Gasteiger partial charge in [0.2, 0.25) is 0 Å². The lowest BCUT2D eigenvalue weighted by atomic mass is 9.69. The summed E-state index contributed by atoms with van der Waals surface area (Å²) in [5.74, 6) is 0. The molecule has 0 spiro atoms. The summed E-state index contributed by atoms with van der Waals surface area (Å²) < 4.78 is 0. The van der Waals surface area contributed by atoms with Gasteiger partial charge in [0.1, 0.15) is 0 Å². The third-order valence-corrected chi connectivity index (χ3v) is 5.52. The van der Waals surface area contributed by atoms with Crippen molar-refractivity contribution in [3.8, 4) is 0 Å². The van der Waals surface area contributed by atoms with Gasteiger partial charge in [-0.25, -0.2) is 0 Å². The van der Waals surface area contributed by atoms with Crippen LogP contribution in [-0.4, -0.2) is 26.2 Å². The number of hydrogen-bond acceptors (Lipinski definition) is 2. The highest BCUT2D eigenvalue weighted by atomic mass is 14.9. The van der Waals surface area contributed by atoms with Crippen LogP contribution in [-0.2, 0) is 5.41 Å². The highest BCUT2D eigenvalue weighted by Gasteiger charge is 2.35. The standard InChI is InChI=1S/C18H28N2/c1-17(8-5-9-17)14-20-15-18(10-12-19-13-11-18)16-6-3-2-4-7-16/h2-4,6-7,19-20H,5,8-15H2,1H3. The number of nitrogens with one attached hydrogen (secondary N) is 2. The van der Waals surface area contributed by atoms with Gasteiger partial charge in [-0.05, 0) is 49.8 Å². The Morgan fingerprint density at radius 2 is 1.70 bits per heavy atom. The molecule has 0 atom stereocenters. The number of benzene rings is 1. The summed E-state index contributed by atoms with van der Waals surface area (Å²) in [6.07, 6.45) is 6.73. The zero-order chi connectivity index (χ0) is 13.9. The maximum absolute atomic E-state index is 3.81. The fourth-order valence-electron chi connectivity index (χ4n) is 3.83. The predicted octanol–water partition coefficient (Wildman–Crippen LogP) is 3.09. The van der Waals surface area contributed by atoms with E-state index in [9.17, 15) is 0 Å². The minimum Gasteiger partial charge on any atom is -0.317 e. The van der Waals surface area contributed by atoms with Gasteiger partial charge in [0.25, 0.3) is 0 Å². The molecule has 0 bridgehead atoms. The Labute approximate surface area is 123 Å². The van der Waals surface area contributed by atoms with E-state index in [1.807, 2.05) is 0 Å². The van der Waals surface area contributed by atoms with Crippen LogP contribution in [0.2, 0.25) is 0 Å². The normalized spacial score (nSPS) is 24.1. The molecule has 3 rings (SSSR count). The average molecular weight is 272 g/mol. The lowest BCUT2D eigenvalue weighted by Gasteiger charge is -2.42. The molecular weight excluding hydrogens is 244 g/mol. The van der Waals surface area contributed by atoms with Gasteiger partial charge in [-0.1, -0.05) is 43.7 Å². The summed E-state index contributed by atoms with van der Waals surface area (Å²) in [5.41, 5.74) is 2.44. The van der Waals surface area contributed by atoms with Crippen molar-refractivity contribution >= 4 is 0 Å². The van der Waals surface area contributed by atoms with Crippen molar-refractivity contribution < 1.29 is 0 Å². The van der Waals surface area contributed by atoms with Gasteiger partial charge in [-0.2, -0.15) is 0 Å². The van der Waals surface area contributed by atoms with Gasteiger partial charge < -0.3 is 10.6 Å². The minimum absolute atomic E-state index is 0.340. The van der Waals surface area contributed by atoms with Crippen LogP contribution in [0.4, 0.5) is 0 Å². The third-order valence-electron chi connectivity index (χ3n) is 5.52. The van der Waals surface area contributed by atoms with Crippen LogP contribution in [0.25, 0.3) is 0 Å². The van der Waals surface area contributed by atoms with Gasteiger partial charge in [0.15, 0.2) is 0 Å². The van der Waals surface area contributed by atoms with E-state index in [-0.39, 0.29) is 0 Å². The Morgan fingerprint density at radius 3 is 2.30 bits per heavy atom. The molecule has 0 unspecified atom stereocenters. The van der Waals surface area contributed by atoms with Crippen molar-refractivity contribution in [3.63, 3.8) is 0 Å². The zero-order valence-corrected chi connectivity index (χ0v) is 12.8. The molecular formula is C18H28N2. The van der Waals surface area contributed by atoms with Crippen LogP contribution in [0.1, 0.15) is 44.6 Å². The molecule has 1 aliphatic heterocycles. The monoisotopic (exact) mass is 272 g/mol. The molecule has 2 nitrogen and oxygen atoms in total. The largest absolute Gasteiger partial charge is 0.317 e. The van der Waals surface area contributed by atoms with Crippen LogP contribution >= 0.6 is 0 Å². The SMILES string of the molecule is CC1(CNCC2(c3ccccc3)CCNCC2)CCC1. The topological polar surface area (TPSA) is 24.1 Å². The second-order valence-corrected chi connectivity index (χ2v) is 7.16. The van der Waals surface area contributed by atoms with Crippen LogP contribution < -0.4 is 10.6 Å². The third kappa shape index (κ3) is 2.91. The van der Waals surface area contributed by atoms with E-state index in [0.717, 1.165) is 19.6 Å². The van der Waals surface area contributed by atoms with E-state index in [2.05, 4.69) is 47.9 Å². The lowest BCUT2D eigenvalue weighted by molar-refractivity contribution is 0.149. The Balaban J connectivity index is 1.66. The first-order valence-electron chi connectivity index (χ1n) is 8.20. The van der Waals surface area contributed by atoms with Crippen molar-refractivity contribution in [2.75, 3.05) is 26.2 Å². The molecule has 0 radical (unpaired) electrons. The molecule has 1 aromatic rings. The number of rotatable bonds is 5. The summed E-state index contributed by atoms with van der Waals surface area (Å²) in [6.45, 7) is 7.05. The van der Waals surface area contributed by atoms with E-state index in [4.69, 9.17) is 0 Å². The van der Waals surface area contributed by atoms with E-state index in [1.54, 1.807) is 0 Å². The second kappa shape index (κ2) is 5.87. The molecule has 110 valence electrons. The van der Waals surface area contributed by atoms with Crippen LogP contribution in [0, 0.1) is 5.41 Å². The van der Waals surface area contributed by atoms with E-state index >= 15 is 0 Å². The summed E-state index contributed by atoms with van der Waals surface area (Å²) in [7, 11) is 0. The van der Waals surface area contributed by atoms with Crippen LogP contribution in [0.15, 0.2) is 30.3 Å². The van der Waals surface area contributed by atoms with Crippen molar-refractivity contribution in [1.82, 2.24) is 10.6 Å². The number of piperidine rings is 1. The molecule has 20 heavy (non-hydrogen) atoms. The Morgan fingerprint density at radius 1 is 1.00 bits per heavy atom. The van der Waals surface area contributed by atoms with Gasteiger partial charge in [-0.3, -0.25) is 0 Å². The van der Waals surface area contributed by atoms with Gasteiger partial charge in [-0.15, -0.1) is 0 Å². The molecule has 2 aliphatic rings. The maximum Gasteiger partial charge on any atom is 0.0102 e. The van der Waals surface area contributed by atoms with Crippen molar-refractivity contribution in [2.45, 2.75) is 44.4 Å². The predicted molar refractivity (Wildman–Crippen MR) is 85.1 cm³/mol. The Kier molecular flexibility index (Phi) is 4.13. The van der Waals surface area contributed by atoms with E-state index < -0.39 is 0 Å². The molecule has 1 heterocycles. The van der Waals surface area contributed by atoms with Crippen LogP contribution in [0.5, 0.6) is 0 Å². The average Bonchev–Trinajstić information content (AvgIpc) is 2.47. The maximum atomic E-state index is 3.81. The van der Waals surface area contributed by atoms with Gasteiger partial charge >= 0.3 is 0 Å². The molecule has 2 heteroatoms. The summed E-state index contributed by atoms with van der Waals surface area (Å²) in [6, 6.07) is 11.1.